The molecule has 4 rings (SSSR count). The molecule has 2 aromatic rings. The van der Waals surface area contributed by atoms with Gasteiger partial charge in [0.15, 0.2) is 5.13 Å². The van der Waals surface area contributed by atoms with E-state index in [9.17, 15) is 14.7 Å². The largest absolute Gasteiger partial charge is 0.481 e. The van der Waals surface area contributed by atoms with Crippen molar-refractivity contribution in [1.29, 1.82) is 0 Å². The highest BCUT2D eigenvalue weighted by molar-refractivity contribution is 7.14. The van der Waals surface area contributed by atoms with Crippen LogP contribution in [0.25, 0.3) is 11.3 Å². The van der Waals surface area contributed by atoms with Crippen LogP contribution in [0.15, 0.2) is 35.7 Å². The van der Waals surface area contributed by atoms with Crippen LogP contribution in [0.2, 0.25) is 10.0 Å². The normalized spacial score (nSPS) is 26.2. The van der Waals surface area contributed by atoms with Crippen molar-refractivity contribution in [2.45, 2.75) is 6.42 Å². The minimum absolute atomic E-state index is 0.0180. The van der Waals surface area contributed by atoms with Gasteiger partial charge in [0, 0.05) is 10.9 Å². The number of benzene rings is 1. The summed E-state index contributed by atoms with van der Waals surface area (Å²) in [5.41, 5.74) is 1.47. The number of halogens is 2. The van der Waals surface area contributed by atoms with E-state index in [2.05, 4.69) is 10.3 Å². The topological polar surface area (TPSA) is 79.3 Å². The predicted molar refractivity (Wildman–Crippen MR) is 102 cm³/mol. The number of allylic oxidation sites excluding steroid dienone is 2. The van der Waals surface area contributed by atoms with E-state index in [0.717, 1.165) is 12.0 Å². The molecule has 26 heavy (non-hydrogen) atoms. The van der Waals surface area contributed by atoms with Gasteiger partial charge in [-0.3, -0.25) is 9.59 Å². The Labute approximate surface area is 163 Å². The van der Waals surface area contributed by atoms with Crippen LogP contribution in [0.5, 0.6) is 0 Å². The summed E-state index contributed by atoms with van der Waals surface area (Å²) in [5.74, 6) is -2.51. The summed E-state index contributed by atoms with van der Waals surface area (Å²) < 4.78 is 0. The molecule has 2 aliphatic carbocycles. The average molecular weight is 409 g/mol. The summed E-state index contributed by atoms with van der Waals surface area (Å²) in [6, 6.07) is 5.21. The van der Waals surface area contributed by atoms with Crippen molar-refractivity contribution in [2.75, 3.05) is 5.32 Å². The molecule has 2 aliphatic rings. The van der Waals surface area contributed by atoms with Crippen LogP contribution in [0.1, 0.15) is 6.42 Å². The minimum atomic E-state index is -0.919. The van der Waals surface area contributed by atoms with Gasteiger partial charge >= 0.3 is 5.97 Å². The smallest absolute Gasteiger partial charge is 0.307 e. The number of nitrogens with zero attached hydrogens (tertiary/aromatic N) is 1. The number of hydrogen-bond donors (Lipinski definition) is 2. The Bertz CT molecular complexity index is 927. The van der Waals surface area contributed by atoms with Gasteiger partial charge < -0.3 is 10.4 Å². The Morgan fingerprint density at radius 3 is 2.58 bits per heavy atom. The molecule has 0 radical (unpaired) electrons. The number of carboxylic acid groups (broad SMARTS) is 1. The lowest BCUT2D eigenvalue weighted by Crippen LogP contribution is -2.36. The van der Waals surface area contributed by atoms with Crippen LogP contribution >= 0.6 is 34.5 Å². The fourth-order valence-corrected chi connectivity index (χ4v) is 4.84. The molecule has 0 spiro atoms. The number of aromatic nitrogens is 1. The van der Waals surface area contributed by atoms with Gasteiger partial charge in [-0.2, -0.15) is 0 Å². The Hall–Kier alpha value is -1.89. The number of nitrogens with one attached hydrogen (secondary N) is 1. The van der Waals surface area contributed by atoms with E-state index in [-0.39, 0.29) is 17.7 Å². The van der Waals surface area contributed by atoms with Crippen molar-refractivity contribution >= 4 is 51.5 Å². The second kappa shape index (κ2) is 6.68. The number of amides is 1. The van der Waals surface area contributed by atoms with E-state index in [4.69, 9.17) is 23.2 Å². The van der Waals surface area contributed by atoms with E-state index >= 15 is 0 Å². The number of rotatable bonds is 4. The van der Waals surface area contributed by atoms with Crippen molar-refractivity contribution in [3.8, 4) is 11.3 Å². The number of fused-ring (bicyclic) bond motifs is 2. The van der Waals surface area contributed by atoms with Crippen LogP contribution in [-0.4, -0.2) is 22.0 Å². The molecule has 1 saturated carbocycles. The van der Waals surface area contributed by atoms with Gasteiger partial charge in [-0.05, 0) is 30.4 Å². The number of carbonyl (C=O) groups is 2. The van der Waals surface area contributed by atoms with Crippen molar-refractivity contribution in [1.82, 2.24) is 4.98 Å². The lowest BCUT2D eigenvalue weighted by atomic mass is 9.82. The first-order chi connectivity index (χ1) is 12.4. The van der Waals surface area contributed by atoms with E-state index in [1.807, 2.05) is 17.5 Å². The van der Waals surface area contributed by atoms with Gasteiger partial charge in [-0.1, -0.05) is 41.4 Å². The predicted octanol–water partition coefficient (Wildman–Crippen LogP) is 4.58. The molecular formula is C18H14Cl2N2O3S. The second-order valence-corrected chi connectivity index (χ2v) is 8.17. The number of thiazole rings is 1. The van der Waals surface area contributed by atoms with Crippen LogP contribution in [0, 0.1) is 23.7 Å². The SMILES string of the molecule is O=C(O)[C@@H]1[C@H](C(=O)Nc2nc(-c3ccc(Cl)c(Cl)c3)cs2)[C@H]2C=C[C@H]1C2. The zero-order chi connectivity index (χ0) is 18.4. The number of anilines is 1. The summed E-state index contributed by atoms with van der Waals surface area (Å²) in [7, 11) is 0. The van der Waals surface area contributed by atoms with Crippen LogP contribution in [0.4, 0.5) is 5.13 Å². The number of aliphatic carboxylic acids is 1. The van der Waals surface area contributed by atoms with Crippen LogP contribution < -0.4 is 5.32 Å². The highest BCUT2D eigenvalue weighted by Gasteiger charge is 2.51. The van der Waals surface area contributed by atoms with Crippen molar-refractivity contribution in [3.63, 3.8) is 0 Å². The zero-order valence-electron chi connectivity index (χ0n) is 13.4. The molecule has 0 aliphatic heterocycles. The highest BCUT2D eigenvalue weighted by atomic mass is 35.5. The Morgan fingerprint density at radius 2 is 1.88 bits per heavy atom. The highest BCUT2D eigenvalue weighted by Crippen LogP contribution is 2.48. The molecule has 2 N–H and O–H groups in total. The van der Waals surface area contributed by atoms with E-state index < -0.39 is 17.8 Å². The van der Waals surface area contributed by atoms with Gasteiger partial charge in [0.25, 0.3) is 0 Å². The first kappa shape index (κ1) is 17.5. The van der Waals surface area contributed by atoms with Crippen molar-refractivity contribution in [3.05, 3.63) is 45.8 Å². The summed E-state index contributed by atoms with van der Waals surface area (Å²) in [5, 5.41) is 15.4. The Kier molecular flexibility index (Phi) is 4.50. The third kappa shape index (κ3) is 3.02. The molecule has 2 bridgehead atoms. The summed E-state index contributed by atoms with van der Waals surface area (Å²) in [6.45, 7) is 0. The van der Waals surface area contributed by atoms with Gasteiger partial charge in [-0.25, -0.2) is 4.98 Å². The van der Waals surface area contributed by atoms with Gasteiger partial charge in [0.05, 0.1) is 27.6 Å². The fourth-order valence-electron chi connectivity index (χ4n) is 3.82. The molecule has 0 unspecified atom stereocenters. The van der Waals surface area contributed by atoms with Gasteiger partial charge in [0.1, 0.15) is 0 Å². The maximum absolute atomic E-state index is 12.7. The molecule has 134 valence electrons. The Morgan fingerprint density at radius 1 is 1.15 bits per heavy atom. The lowest BCUT2D eigenvalue weighted by molar-refractivity contribution is -0.146. The monoisotopic (exact) mass is 408 g/mol. The van der Waals surface area contributed by atoms with Crippen LogP contribution in [0.3, 0.4) is 0 Å². The quantitative estimate of drug-likeness (QED) is 0.725. The summed E-state index contributed by atoms with van der Waals surface area (Å²) in [6.07, 6.45) is 4.60. The Balaban J connectivity index is 1.52. The molecule has 1 aromatic carbocycles. The van der Waals surface area contributed by atoms with E-state index in [0.29, 0.717) is 20.9 Å². The first-order valence-electron chi connectivity index (χ1n) is 8.07. The molecule has 1 amide bonds. The summed E-state index contributed by atoms with van der Waals surface area (Å²) >= 11 is 13.2. The molecule has 1 fully saturated rings. The first-order valence-corrected chi connectivity index (χ1v) is 9.70. The van der Waals surface area contributed by atoms with Gasteiger partial charge in [0.2, 0.25) is 5.91 Å². The molecule has 5 nitrogen and oxygen atoms in total. The van der Waals surface area contributed by atoms with Crippen LogP contribution in [-0.2, 0) is 9.59 Å². The minimum Gasteiger partial charge on any atom is -0.481 e. The van der Waals surface area contributed by atoms with Crippen molar-refractivity contribution < 1.29 is 14.7 Å². The third-order valence-corrected chi connectivity index (χ3v) is 6.49. The second-order valence-electron chi connectivity index (χ2n) is 6.49. The fraction of sp³-hybridized carbons (Fsp3) is 0.278. The number of carboxylic acids is 1. The molecule has 4 atom stereocenters. The zero-order valence-corrected chi connectivity index (χ0v) is 15.7. The van der Waals surface area contributed by atoms with Gasteiger partial charge in [-0.15, -0.1) is 11.3 Å². The average Bonchev–Trinajstić information content (AvgIpc) is 3.32. The molecule has 0 saturated heterocycles. The maximum Gasteiger partial charge on any atom is 0.307 e. The molecule has 1 aromatic heterocycles. The lowest BCUT2D eigenvalue weighted by Gasteiger charge is -2.23. The molecule has 8 heteroatoms. The van der Waals surface area contributed by atoms with Crippen molar-refractivity contribution in [2.24, 2.45) is 23.7 Å². The number of hydrogen-bond acceptors (Lipinski definition) is 4. The number of carbonyl (C=O) groups excluding carboxylic acids is 1. The van der Waals surface area contributed by atoms with E-state index in [1.54, 1.807) is 18.2 Å². The standard InChI is InChI=1S/C18H14Cl2N2O3S/c19-11-4-3-8(6-12(11)20)13-7-26-18(21-13)22-16(23)14-9-1-2-10(5-9)15(14)17(24)25/h1-4,6-7,9-10,14-15H,5H2,(H,24,25)(H,21,22,23)/t9-,10-,14+,15-/m0/s1. The molecule has 1 heterocycles. The third-order valence-electron chi connectivity index (χ3n) is 5.00. The molecular weight excluding hydrogens is 395 g/mol. The summed E-state index contributed by atoms with van der Waals surface area (Å²) in [4.78, 5) is 28.7. The van der Waals surface area contributed by atoms with E-state index in [1.165, 1.54) is 11.3 Å². The maximum atomic E-state index is 12.7.